The van der Waals surface area contributed by atoms with E-state index in [9.17, 15) is 4.79 Å². The molecule has 2 N–H and O–H groups in total. The molecule has 1 aliphatic heterocycles. The average Bonchev–Trinajstić information content (AvgIpc) is 3.03. The summed E-state index contributed by atoms with van der Waals surface area (Å²) in [6, 6.07) is 0. The molecular formula is C10H16N2OS2. The van der Waals surface area contributed by atoms with Gasteiger partial charge in [-0.3, -0.25) is 4.79 Å². The van der Waals surface area contributed by atoms with E-state index in [1.165, 1.54) is 0 Å². The zero-order chi connectivity index (χ0) is 10.9. The second kappa shape index (κ2) is 4.29. The average molecular weight is 244 g/mol. The number of thioether (sulfide) groups is 1. The van der Waals surface area contributed by atoms with Crippen LogP contribution in [0.5, 0.6) is 0 Å². The number of carbonyl (C=O) groups excluding carboxylic acids is 1. The number of amides is 1. The molecule has 1 saturated carbocycles. The van der Waals surface area contributed by atoms with Crippen LogP contribution in [0.15, 0.2) is 0 Å². The van der Waals surface area contributed by atoms with Crippen LogP contribution in [-0.2, 0) is 4.79 Å². The van der Waals surface area contributed by atoms with Crippen molar-refractivity contribution in [2.24, 2.45) is 11.1 Å². The normalized spacial score (nSPS) is 24.4. The Morgan fingerprint density at radius 3 is 2.67 bits per heavy atom. The van der Waals surface area contributed by atoms with Gasteiger partial charge < -0.3 is 10.6 Å². The smallest absolute Gasteiger partial charge is 0.235 e. The Morgan fingerprint density at radius 1 is 1.33 bits per heavy atom. The minimum atomic E-state index is -0.454. The highest BCUT2D eigenvalue weighted by Crippen LogP contribution is 2.47. The van der Waals surface area contributed by atoms with Gasteiger partial charge in [-0.2, -0.15) is 11.8 Å². The number of rotatable bonds is 2. The molecular weight excluding hydrogens is 228 g/mol. The van der Waals surface area contributed by atoms with Crippen LogP contribution in [0, 0.1) is 5.41 Å². The van der Waals surface area contributed by atoms with Crippen LogP contribution < -0.4 is 5.73 Å². The minimum absolute atomic E-state index is 0.178. The van der Waals surface area contributed by atoms with E-state index in [0.29, 0.717) is 4.99 Å². The largest absolute Gasteiger partial charge is 0.392 e. The van der Waals surface area contributed by atoms with E-state index in [4.69, 9.17) is 18.0 Å². The van der Waals surface area contributed by atoms with Crippen LogP contribution in [0.2, 0.25) is 0 Å². The Kier molecular flexibility index (Phi) is 3.21. The fourth-order valence-electron chi connectivity index (χ4n) is 1.94. The molecule has 1 saturated heterocycles. The predicted octanol–water partition coefficient (Wildman–Crippen LogP) is 1.02. The highest BCUT2D eigenvalue weighted by atomic mass is 32.2. The van der Waals surface area contributed by atoms with Gasteiger partial charge in [-0.1, -0.05) is 12.2 Å². The van der Waals surface area contributed by atoms with Gasteiger partial charge in [-0.15, -0.1) is 0 Å². The van der Waals surface area contributed by atoms with Gasteiger partial charge in [0.2, 0.25) is 5.91 Å². The third-order valence-corrected chi connectivity index (χ3v) is 4.58. The molecule has 0 spiro atoms. The van der Waals surface area contributed by atoms with Crippen LogP contribution >= 0.6 is 24.0 Å². The van der Waals surface area contributed by atoms with Crippen LogP contribution in [0.3, 0.4) is 0 Å². The number of hydrogen-bond donors (Lipinski definition) is 1. The van der Waals surface area contributed by atoms with Crippen molar-refractivity contribution < 1.29 is 4.79 Å². The van der Waals surface area contributed by atoms with Crippen LogP contribution in [-0.4, -0.2) is 40.4 Å². The SMILES string of the molecule is NC(=S)C1(C(=O)N2CCCSCC2)CC1. The summed E-state index contributed by atoms with van der Waals surface area (Å²) in [5.41, 5.74) is 5.20. The molecule has 15 heavy (non-hydrogen) atoms. The Bertz CT molecular complexity index is 281. The van der Waals surface area contributed by atoms with Crippen molar-refractivity contribution in [3.8, 4) is 0 Å². The van der Waals surface area contributed by atoms with Crippen LogP contribution in [0.25, 0.3) is 0 Å². The molecule has 1 aliphatic carbocycles. The number of thiocarbonyl (C=S) groups is 1. The van der Waals surface area contributed by atoms with Gasteiger partial charge in [0.25, 0.3) is 0 Å². The van der Waals surface area contributed by atoms with Gasteiger partial charge in [-0.25, -0.2) is 0 Å². The van der Waals surface area contributed by atoms with E-state index in [2.05, 4.69) is 0 Å². The standard InChI is InChI=1S/C10H16N2OS2/c11-8(14)10(2-3-10)9(13)12-4-1-6-15-7-5-12/h1-7H2,(H2,11,14). The van der Waals surface area contributed by atoms with Crippen LogP contribution in [0.1, 0.15) is 19.3 Å². The summed E-state index contributed by atoms with van der Waals surface area (Å²) in [6.45, 7) is 1.73. The maximum Gasteiger partial charge on any atom is 0.235 e. The second-order valence-corrected chi connectivity index (χ2v) is 5.87. The lowest BCUT2D eigenvalue weighted by molar-refractivity contribution is -0.134. The summed E-state index contributed by atoms with van der Waals surface area (Å²) in [5, 5.41) is 0. The molecule has 1 amide bonds. The zero-order valence-electron chi connectivity index (χ0n) is 8.70. The number of carbonyl (C=O) groups is 1. The number of nitrogens with two attached hydrogens (primary N) is 1. The van der Waals surface area contributed by atoms with Crippen molar-refractivity contribution in [1.82, 2.24) is 4.90 Å². The van der Waals surface area contributed by atoms with E-state index >= 15 is 0 Å². The number of hydrogen-bond acceptors (Lipinski definition) is 3. The maximum atomic E-state index is 12.2. The Balaban J connectivity index is 2.03. The first-order valence-corrected chi connectivity index (χ1v) is 6.90. The second-order valence-electron chi connectivity index (χ2n) is 4.20. The fraction of sp³-hybridized carbons (Fsp3) is 0.800. The van der Waals surface area contributed by atoms with Gasteiger partial charge in [0.05, 0.1) is 10.4 Å². The van der Waals surface area contributed by atoms with Crippen molar-refractivity contribution >= 4 is 34.9 Å². The molecule has 2 rings (SSSR count). The summed E-state index contributed by atoms with van der Waals surface area (Å²) >= 11 is 6.92. The molecule has 0 bridgehead atoms. The van der Waals surface area contributed by atoms with E-state index in [1.807, 2.05) is 16.7 Å². The van der Waals surface area contributed by atoms with E-state index in [0.717, 1.165) is 43.9 Å². The van der Waals surface area contributed by atoms with Crippen molar-refractivity contribution in [1.29, 1.82) is 0 Å². The lowest BCUT2D eigenvalue weighted by Gasteiger charge is -2.25. The first-order valence-electron chi connectivity index (χ1n) is 5.34. The summed E-state index contributed by atoms with van der Waals surface area (Å²) in [5.74, 6) is 2.38. The summed E-state index contributed by atoms with van der Waals surface area (Å²) in [4.78, 5) is 14.6. The zero-order valence-corrected chi connectivity index (χ0v) is 10.3. The van der Waals surface area contributed by atoms with E-state index < -0.39 is 5.41 Å². The van der Waals surface area contributed by atoms with Crippen molar-refractivity contribution in [3.63, 3.8) is 0 Å². The first kappa shape index (κ1) is 11.2. The van der Waals surface area contributed by atoms with Crippen molar-refractivity contribution in [3.05, 3.63) is 0 Å². The molecule has 5 heteroatoms. The molecule has 0 atom stereocenters. The first-order chi connectivity index (χ1) is 7.17. The predicted molar refractivity (Wildman–Crippen MR) is 67.0 cm³/mol. The van der Waals surface area contributed by atoms with Crippen molar-refractivity contribution in [2.75, 3.05) is 24.6 Å². The Labute approximate surface area is 99.8 Å². The third-order valence-electron chi connectivity index (χ3n) is 3.14. The summed E-state index contributed by atoms with van der Waals surface area (Å²) in [7, 11) is 0. The third kappa shape index (κ3) is 2.13. The summed E-state index contributed by atoms with van der Waals surface area (Å²) in [6.07, 6.45) is 2.79. The monoisotopic (exact) mass is 244 g/mol. The Morgan fingerprint density at radius 2 is 2.07 bits per heavy atom. The van der Waals surface area contributed by atoms with Crippen LogP contribution in [0.4, 0.5) is 0 Å². The van der Waals surface area contributed by atoms with Gasteiger partial charge in [0.1, 0.15) is 0 Å². The Hall–Kier alpha value is -0.290. The summed E-state index contributed by atoms with van der Waals surface area (Å²) < 4.78 is 0. The minimum Gasteiger partial charge on any atom is -0.392 e. The highest BCUT2D eigenvalue weighted by molar-refractivity contribution is 7.99. The molecule has 0 aromatic rings. The molecule has 0 unspecified atom stereocenters. The molecule has 2 fully saturated rings. The topological polar surface area (TPSA) is 46.3 Å². The lowest BCUT2D eigenvalue weighted by Crippen LogP contribution is -2.43. The van der Waals surface area contributed by atoms with Gasteiger partial charge in [-0.05, 0) is 25.0 Å². The lowest BCUT2D eigenvalue weighted by atomic mass is 10.1. The molecule has 1 heterocycles. The molecule has 0 radical (unpaired) electrons. The molecule has 0 aromatic heterocycles. The van der Waals surface area contributed by atoms with E-state index in [-0.39, 0.29) is 5.91 Å². The van der Waals surface area contributed by atoms with Crippen molar-refractivity contribution in [2.45, 2.75) is 19.3 Å². The maximum absolute atomic E-state index is 12.2. The molecule has 84 valence electrons. The molecule has 3 nitrogen and oxygen atoms in total. The highest BCUT2D eigenvalue weighted by Gasteiger charge is 2.54. The van der Waals surface area contributed by atoms with E-state index in [1.54, 1.807) is 0 Å². The quantitative estimate of drug-likeness (QED) is 0.737. The molecule has 2 aliphatic rings. The van der Waals surface area contributed by atoms with Gasteiger partial charge >= 0.3 is 0 Å². The fourth-order valence-corrected chi connectivity index (χ4v) is 3.12. The van der Waals surface area contributed by atoms with Gasteiger partial charge in [0.15, 0.2) is 0 Å². The number of nitrogens with zero attached hydrogens (tertiary/aromatic N) is 1. The van der Waals surface area contributed by atoms with Gasteiger partial charge in [0, 0.05) is 18.8 Å². The molecule has 0 aromatic carbocycles.